The van der Waals surface area contributed by atoms with Gasteiger partial charge in [-0.15, -0.1) is 0 Å². The van der Waals surface area contributed by atoms with Crippen LogP contribution >= 0.6 is 0 Å². The van der Waals surface area contributed by atoms with Crippen molar-refractivity contribution in [1.82, 2.24) is 9.97 Å². The first kappa shape index (κ1) is 11.6. The maximum Gasteiger partial charge on any atom is 0.153 e. The zero-order chi connectivity index (χ0) is 13.6. The quantitative estimate of drug-likeness (QED) is 0.703. The summed E-state index contributed by atoms with van der Waals surface area (Å²) in [6.45, 7) is 1.87. The number of phenols is 1. The van der Waals surface area contributed by atoms with Gasteiger partial charge in [-0.2, -0.15) is 0 Å². The molecule has 0 atom stereocenters. The van der Waals surface area contributed by atoms with E-state index in [0.29, 0.717) is 11.4 Å². The van der Waals surface area contributed by atoms with Gasteiger partial charge in [0.2, 0.25) is 0 Å². The Morgan fingerprint density at radius 3 is 2.74 bits per heavy atom. The number of halogens is 2. The first-order valence-corrected chi connectivity index (χ1v) is 5.69. The fourth-order valence-corrected chi connectivity index (χ4v) is 2.01. The summed E-state index contributed by atoms with van der Waals surface area (Å²) < 4.78 is 26.7. The lowest BCUT2D eigenvalue weighted by molar-refractivity contribution is 0.477. The number of nitrogens with one attached hydrogen (secondary N) is 1. The van der Waals surface area contributed by atoms with Crippen LogP contribution in [0.5, 0.6) is 5.75 Å². The van der Waals surface area contributed by atoms with E-state index in [0.717, 1.165) is 11.6 Å². The minimum atomic E-state index is -0.732. The summed E-state index contributed by atoms with van der Waals surface area (Å²) in [4.78, 5) is 6.88. The summed E-state index contributed by atoms with van der Waals surface area (Å²) in [5.41, 5.74) is 1.70. The largest absolute Gasteiger partial charge is 0.507 e. The molecule has 1 heterocycles. The molecule has 2 N–H and O–H groups in total. The lowest BCUT2D eigenvalue weighted by Crippen LogP contribution is -1.83. The van der Waals surface area contributed by atoms with Crippen LogP contribution in [-0.4, -0.2) is 15.1 Å². The molecule has 2 aromatic carbocycles. The van der Waals surface area contributed by atoms with Gasteiger partial charge in [0.1, 0.15) is 22.9 Å². The van der Waals surface area contributed by atoms with Crippen LogP contribution in [0.2, 0.25) is 0 Å². The van der Waals surface area contributed by atoms with Crippen molar-refractivity contribution >= 4 is 11.0 Å². The van der Waals surface area contributed by atoms with Crippen LogP contribution in [0.4, 0.5) is 8.78 Å². The molecule has 0 radical (unpaired) electrons. The predicted molar refractivity (Wildman–Crippen MR) is 67.8 cm³/mol. The Bertz CT molecular complexity index is 780. The van der Waals surface area contributed by atoms with E-state index in [2.05, 4.69) is 9.97 Å². The number of phenolic OH excluding ortho intramolecular Hbond substituents is 1. The minimum absolute atomic E-state index is 0.0329. The second-order valence-electron chi connectivity index (χ2n) is 4.39. The molecular formula is C14H10F2N2O. The Kier molecular flexibility index (Phi) is 2.48. The molecule has 0 spiro atoms. The average Bonchev–Trinajstić information content (AvgIpc) is 2.76. The van der Waals surface area contributed by atoms with Crippen LogP contribution in [0.15, 0.2) is 30.3 Å². The van der Waals surface area contributed by atoms with Gasteiger partial charge in [-0.05, 0) is 25.1 Å². The van der Waals surface area contributed by atoms with Gasteiger partial charge >= 0.3 is 0 Å². The van der Waals surface area contributed by atoms with Crippen molar-refractivity contribution in [2.24, 2.45) is 0 Å². The standard InChI is InChI=1S/C14H10F2N2O/c1-7-2-3-12(19)9(4-7)14-17-11-6-8(15)5-10(16)13(11)18-14/h2-6,19H,1H3,(H,17,18). The van der Waals surface area contributed by atoms with Gasteiger partial charge in [-0.1, -0.05) is 11.6 Å². The molecule has 0 amide bonds. The molecule has 0 saturated heterocycles. The fourth-order valence-electron chi connectivity index (χ4n) is 2.01. The van der Waals surface area contributed by atoms with Crippen LogP contribution in [0.25, 0.3) is 22.4 Å². The van der Waals surface area contributed by atoms with Crippen LogP contribution in [-0.2, 0) is 0 Å². The number of imidazole rings is 1. The second-order valence-corrected chi connectivity index (χ2v) is 4.39. The third-order valence-electron chi connectivity index (χ3n) is 2.91. The molecule has 0 unspecified atom stereocenters. The number of benzene rings is 2. The normalized spacial score (nSPS) is 11.1. The summed E-state index contributed by atoms with van der Waals surface area (Å²) >= 11 is 0. The second kappa shape index (κ2) is 4.05. The Labute approximate surface area is 107 Å². The smallest absolute Gasteiger partial charge is 0.153 e. The summed E-state index contributed by atoms with van der Waals surface area (Å²) in [7, 11) is 0. The third kappa shape index (κ3) is 1.93. The van der Waals surface area contributed by atoms with E-state index in [1.54, 1.807) is 12.1 Å². The summed E-state index contributed by atoms with van der Waals surface area (Å²) in [6.07, 6.45) is 0. The van der Waals surface area contributed by atoms with Crippen molar-refractivity contribution in [3.8, 4) is 17.1 Å². The van der Waals surface area contributed by atoms with Gasteiger partial charge in [0.25, 0.3) is 0 Å². The zero-order valence-corrected chi connectivity index (χ0v) is 10.0. The first-order valence-electron chi connectivity index (χ1n) is 5.69. The van der Waals surface area contributed by atoms with E-state index in [9.17, 15) is 13.9 Å². The van der Waals surface area contributed by atoms with Gasteiger partial charge in [0, 0.05) is 6.07 Å². The molecule has 3 rings (SSSR count). The van der Waals surface area contributed by atoms with Crippen molar-refractivity contribution in [3.63, 3.8) is 0 Å². The number of aryl methyl sites for hydroxylation is 1. The minimum Gasteiger partial charge on any atom is -0.507 e. The van der Waals surface area contributed by atoms with E-state index in [4.69, 9.17) is 0 Å². The molecule has 0 bridgehead atoms. The maximum absolute atomic E-state index is 13.6. The number of H-pyrrole nitrogens is 1. The Morgan fingerprint density at radius 1 is 1.16 bits per heavy atom. The van der Waals surface area contributed by atoms with Crippen LogP contribution < -0.4 is 0 Å². The Balaban J connectivity index is 2.26. The van der Waals surface area contributed by atoms with Crippen LogP contribution in [0, 0.1) is 18.6 Å². The van der Waals surface area contributed by atoms with E-state index in [1.165, 1.54) is 12.1 Å². The Morgan fingerprint density at radius 2 is 1.95 bits per heavy atom. The summed E-state index contributed by atoms with van der Waals surface area (Å²) in [6, 6.07) is 6.96. The number of aromatic amines is 1. The van der Waals surface area contributed by atoms with E-state index < -0.39 is 11.6 Å². The number of aromatic hydroxyl groups is 1. The Hall–Kier alpha value is -2.43. The molecule has 0 fully saturated rings. The molecule has 3 nitrogen and oxygen atoms in total. The highest BCUT2D eigenvalue weighted by Crippen LogP contribution is 2.30. The molecule has 0 aliphatic heterocycles. The fraction of sp³-hybridized carbons (Fsp3) is 0.0714. The highest BCUT2D eigenvalue weighted by atomic mass is 19.1. The predicted octanol–water partition coefficient (Wildman–Crippen LogP) is 3.52. The van der Waals surface area contributed by atoms with E-state index in [-0.39, 0.29) is 16.8 Å². The maximum atomic E-state index is 13.6. The highest BCUT2D eigenvalue weighted by Gasteiger charge is 2.13. The topological polar surface area (TPSA) is 48.9 Å². The molecule has 19 heavy (non-hydrogen) atoms. The van der Waals surface area contributed by atoms with Crippen LogP contribution in [0.1, 0.15) is 5.56 Å². The lowest BCUT2D eigenvalue weighted by atomic mass is 10.1. The monoisotopic (exact) mass is 260 g/mol. The van der Waals surface area contributed by atoms with Gasteiger partial charge in [0.15, 0.2) is 5.82 Å². The number of nitrogens with zero attached hydrogens (tertiary/aromatic N) is 1. The van der Waals surface area contributed by atoms with Crippen molar-refractivity contribution < 1.29 is 13.9 Å². The van der Waals surface area contributed by atoms with Crippen molar-refractivity contribution in [1.29, 1.82) is 0 Å². The van der Waals surface area contributed by atoms with Gasteiger partial charge in [0.05, 0.1) is 11.1 Å². The summed E-state index contributed by atoms with van der Waals surface area (Å²) in [5, 5.41) is 9.81. The molecular weight excluding hydrogens is 250 g/mol. The zero-order valence-electron chi connectivity index (χ0n) is 10.0. The van der Waals surface area contributed by atoms with E-state index in [1.807, 2.05) is 6.92 Å². The molecule has 0 aliphatic rings. The van der Waals surface area contributed by atoms with Crippen molar-refractivity contribution in [2.75, 3.05) is 0 Å². The van der Waals surface area contributed by atoms with Gasteiger partial charge in [-0.25, -0.2) is 13.8 Å². The molecule has 3 aromatic rings. The highest BCUT2D eigenvalue weighted by molar-refractivity contribution is 5.81. The number of hydrogen-bond acceptors (Lipinski definition) is 2. The molecule has 0 aliphatic carbocycles. The molecule has 0 saturated carbocycles. The van der Waals surface area contributed by atoms with Crippen molar-refractivity contribution in [3.05, 3.63) is 47.5 Å². The first-order chi connectivity index (χ1) is 9.04. The average molecular weight is 260 g/mol. The van der Waals surface area contributed by atoms with Crippen molar-refractivity contribution in [2.45, 2.75) is 6.92 Å². The third-order valence-corrected chi connectivity index (χ3v) is 2.91. The SMILES string of the molecule is Cc1ccc(O)c(-c2nc3c(F)cc(F)cc3[nH]2)c1. The van der Waals surface area contributed by atoms with Crippen LogP contribution in [0.3, 0.4) is 0 Å². The van der Waals surface area contributed by atoms with Gasteiger partial charge < -0.3 is 10.1 Å². The molecule has 96 valence electrons. The molecule has 1 aromatic heterocycles. The number of fused-ring (bicyclic) bond motifs is 1. The molecule has 5 heteroatoms. The van der Waals surface area contributed by atoms with Gasteiger partial charge in [-0.3, -0.25) is 0 Å². The van der Waals surface area contributed by atoms with E-state index >= 15 is 0 Å². The summed E-state index contributed by atoms with van der Waals surface area (Å²) in [5.74, 6) is -1.07. The number of aromatic nitrogens is 2. The number of rotatable bonds is 1. The number of hydrogen-bond donors (Lipinski definition) is 2. The lowest BCUT2D eigenvalue weighted by Gasteiger charge is -2.01.